The predicted molar refractivity (Wildman–Crippen MR) is 262 cm³/mol. The fraction of sp³-hybridized carbons (Fsp3) is 0. The largest absolute Gasteiger partial charge is 0.455 e. The molecule has 1 heterocycles. The Kier molecular flexibility index (Phi) is 7.64. The summed E-state index contributed by atoms with van der Waals surface area (Å²) in [5, 5.41) is 9.93. The Hall–Kier alpha value is -8.20. The highest BCUT2D eigenvalue weighted by Gasteiger charge is 2.22. The molecular weight excluding hydrogens is 751 g/mol. The summed E-state index contributed by atoms with van der Waals surface area (Å²) in [5.41, 5.74) is 17.2. The summed E-state index contributed by atoms with van der Waals surface area (Å²) in [6.07, 6.45) is 0. The van der Waals surface area contributed by atoms with E-state index >= 15 is 0 Å². The maximum absolute atomic E-state index is 6.47. The zero-order valence-corrected chi connectivity index (χ0v) is 33.7. The third-order valence-corrected chi connectivity index (χ3v) is 13.0. The molecule has 0 amide bonds. The van der Waals surface area contributed by atoms with Crippen molar-refractivity contribution in [3.8, 4) is 55.6 Å². The van der Waals surface area contributed by atoms with E-state index in [1.165, 1.54) is 76.8 Å². The predicted octanol–water partition coefficient (Wildman–Crippen LogP) is 17.2. The summed E-state index contributed by atoms with van der Waals surface area (Å²) in [6.45, 7) is 0. The third kappa shape index (κ3) is 5.44. The van der Waals surface area contributed by atoms with E-state index in [0.717, 1.165) is 50.1 Å². The molecule has 0 N–H and O–H groups in total. The Labute approximate surface area is 359 Å². The first kappa shape index (κ1) is 34.6. The summed E-state index contributed by atoms with van der Waals surface area (Å²) >= 11 is 0. The second-order valence-electron chi connectivity index (χ2n) is 16.5. The SMILES string of the molecule is c1cc(-c2ccc3c(c2)-c2cccc4cccc-3c24)cc(N(c2ccc(-c3cccc4c3oc3ccccc34)cc2)c2cccc(-c3ccc4ccc5ccccc5c4c3)c2)c1. The second kappa shape index (κ2) is 13.7. The van der Waals surface area contributed by atoms with Gasteiger partial charge in [0.25, 0.3) is 0 Å². The molecular formula is C60H37NO. The number of anilines is 3. The highest BCUT2D eigenvalue weighted by atomic mass is 16.3. The average molecular weight is 788 g/mol. The molecule has 1 aliphatic carbocycles. The van der Waals surface area contributed by atoms with Crippen molar-refractivity contribution in [2.45, 2.75) is 0 Å². The van der Waals surface area contributed by atoms with Crippen LogP contribution in [0.2, 0.25) is 0 Å². The molecule has 0 spiro atoms. The summed E-state index contributed by atoms with van der Waals surface area (Å²) in [5.74, 6) is 0. The Bertz CT molecular complexity index is 3760. The Balaban J connectivity index is 0.942. The Morgan fingerprint density at radius 1 is 0.274 bits per heavy atom. The van der Waals surface area contributed by atoms with Crippen molar-refractivity contribution in [1.29, 1.82) is 0 Å². The number of hydrogen-bond acceptors (Lipinski definition) is 2. The number of nitrogens with zero attached hydrogens (tertiary/aromatic N) is 1. The van der Waals surface area contributed by atoms with Crippen molar-refractivity contribution in [2.24, 2.45) is 0 Å². The van der Waals surface area contributed by atoms with E-state index in [2.05, 4.69) is 217 Å². The van der Waals surface area contributed by atoms with Gasteiger partial charge in [-0.3, -0.25) is 0 Å². The lowest BCUT2D eigenvalue weighted by atomic mass is 9.96. The molecule has 1 aromatic heterocycles. The van der Waals surface area contributed by atoms with Crippen LogP contribution in [0.1, 0.15) is 0 Å². The minimum atomic E-state index is 0.905. The highest BCUT2D eigenvalue weighted by Crippen LogP contribution is 2.49. The number of furan rings is 1. The second-order valence-corrected chi connectivity index (χ2v) is 16.5. The van der Waals surface area contributed by atoms with E-state index < -0.39 is 0 Å². The van der Waals surface area contributed by atoms with Crippen LogP contribution in [0.5, 0.6) is 0 Å². The Morgan fingerprint density at radius 3 is 1.61 bits per heavy atom. The van der Waals surface area contributed by atoms with Gasteiger partial charge in [0.2, 0.25) is 0 Å². The van der Waals surface area contributed by atoms with Crippen LogP contribution in [0.3, 0.4) is 0 Å². The Morgan fingerprint density at radius 2 is 0.823 bits per heavy atom. The maximum atomic E-state index is 6.47. The normalized spacial score (nSPS) is 11.9. The molecule has 288 valence electrons. The van der Waals surface area contributed by atoms with Crippen molar-refractivity contribution in [3.63, 3.8) is 0 Å². The molecule has 0 unspecified atom stereocenters. The van der Waals surface area contributed by atoms with Crippen molar-refractivity contribution in [3.05, 3.63) is 224 Å². The molecule has 2 heteroatoms. The standard InChI is InChI=1S/C60H37NO/c1-2-17-49-38(10-1)24-25-40-26-27-44(36-56(40)49)42-13-5-15-47(34-42)61(46-31-28-39(29-32-46)50-19-9-22-55-52-18-3-4-23-58(52)62-60(50)55)48-16-6-14-43(35-48)45-30-33-51-53-20-7-11-41-12-8-21-54(59(41)53)57(51)37-45/h1-37H. The summed E-state index contributed by atoms with van der Waals surface area (Å²) < 4.78 is 6.47. The molecule has 0 radical (unpaired) electrons. The van der Waals surface area contributed by atoms with Gasteiger partial charge in [0, 0.05) is 33.4 Å². The molecule has 11 aromatic carbocycles. The van der Waals surface area contributed by atoms with Gasteiger partial charge < -0.3 is 9.32 Å². The number of para-hydroxylation sites is 2. The topological polar surface area (TPSA) is 16.4 Å². The number of rotatable bonds is 6. The first-order valence-corrected chi connectivity index (χ1v) is 21.3. The molecule has 0 bridgehead atoms. The van der Waals surface area contributed by atoms with Crippen LogP contribution in [0.4, 0.5) is 17.1 Å². The van der Waals surface area contributed by atoms with E-state index in [9.17, 15) is 0 Å². The van der Waals surface area contributed by atoms with Crippen LogP contribution in [-0.4, -0.2) is 0 Å². The van der Waals surface area contributed by atoms with Crippen LogP contribution in [0.15, 0.2) is 229 Å². The van der Waals surface area contributed by atoms with Crippen molar-refractivity contribution in [2.75, 3.05) is 4.90 Å². The fourth-order valence-corrected chi connectivity index (χ4v) is 10.0. The monoisotopic (exact) mass is 787 g/mol. The van der Waals surface area contributed by atoms with Gasteiger partial charge in [-0.1, -0.05) is 170 Å². The molecule has 0 saturated carbocycles. The van der Waals surface area contributed by atoms with Gasteiger partial charge in [-0.2, -0.15) is 0 Å². The van der Waals surface area contributed by atoms with Crippen molar-refractivity contribution in [1.82, 2.24) is 0 Å². The zero-order valence-electron chi connectivity index (χ0n) is 33.7. The molecule has 1 aliphatic rings. The van der Waals surface area contributed by atoms with E-state index in [1.54, 1.807) is 0 Å². The summed E-state index contributed by atoms with van der Waals surface area (Å²) in [6, 6.07) is 81.9. The maximum Gasteiger partial charge on any atom is 0.143 e. The lowest BCUT2D eigenvalue weighted by Gasteiger charge is -2.27. The fourth-order valence-electron chi connectivity index (χ4n) is 10.0. The minimum Gasteiger partial charge on any atom is -0.455 e. The molecule has 0 aliphatic heterocycles. The molecule has 0 atom stereocenters. The van der Waals surface area contributed by atoms with E-state index in [1.807, 2.05) is 12.1 Å². The van der Waals surface area contributed by atoms with Crippen LogP contribution in [-0.2, 0) is 0 Å². The number of benzene rings is 11. The van der Waals surface area contributed by atoms with Gasteiger partial charge in [-0.05, 0) is 137 Å². The van der Waals surface area contributed by atoms with Gasteiger partial charge in [0.1, 0.15) is 11.2 Å². The third-order valence-electron chi connectivity index (χ3n) is 13.0. The van der Waals surface area contributed by atoms with Gasteiger partial charge in [-0.15, -0.1) is 0 Å². The van der Waals surface area contributed by atoms with Gasteiger partial charge in [0.15, 0.2) is 0 Å². The quantitative estimate of drug-likeness (QED) is 0.156. The first-order chi connectivity index (χ1) is 30.7. The average Bonchev–Trinajstić information content (AvgIpc) is 3.88. The van der Waals surface area contributed by atoms with E-state index in [-0.39, 0.29) is 0 Å². The number of hydrogen-bond donors (Lipinski definition) is 0. The molecule has 0 fully saturated rings. The first-order valence-electron chi connectivity index (χ1n) is 21.3. The van der Waals surface area contributed by atoms with Gasteiger partial charge >= 0.3 is 0 Å². The summed E-state index contributed by atoms with van der Waals surface area (Å²) in [7, 11) is 0. The molecule has 13 rings (SSSR count). The lowest BCUT2D eigenvalue weighted by Crippen LogP contribution is -2.10. The smallest absolute Gasteiger partial charge is 0.143 e. The highest BCUT2D eigenvalue weighted by molar-refractivity contribution is 6.16. The lowest BCUT2D eigenvalue weighted by molar-refractivity contribution is 0.670. The number of fused-ring (bicyclic) bond motifs is 9. The van der Waals surface area contributed by atoms with Crippen LogP contribution < -0.4 is 4.90 Å². The van der Waals surface area contributed by atoms with Crippen LogP contribution in [0, 0.1) is 0 Å². The van der Waals surface area contributed by atoms with Crippen molar-refractivity contribution < 1.29 is 4.42 Å². The van der Waals surface area contributed by atoms with E-state index in [0.29, 0.717) is 0 Å². The van der Waals surface area contributed by atoms with Gasteiger partial charge in [-0.25, -0.2) is 0 Å². The van der Waals surface area contributed by atoms with Crippen molar-refractivity contribution >= 4 is 71.3 Å². The van der Waals surface area contributed by atoms with E-state index in [4.69, 9.17) is 4.42 Å². The minimum absolute atomic E-state index is 0.905. The molecule has 0 saturated heterocycles. The molecule has 62 heavy (non-hydrogen) atoms. The van der Waals surface area contributed by atoms with Gasteiger partial charge in [0.05, 0.1) is 0 Å². The molecule has 2 nitrogen and oxygen atoms in total. The van der Waals surface area contributed by atoms with Crippen LogP contribution in [0.25, 0.3) is 110 Å². The summed E-state index contributed by atoms with van der Waals surface area (Å²) in [4.78, 5) is 2.39. The molecule has 12 aromatic rings. The van der Waals surface area contributed by atoms with Crippen LogP contribution >= 0.6 is 0 Å². The zero-order chi connectivity index (χ0) is 40.7.